The summed E-state index contributed by atoms with van der Waals surface area (Å²) in [7, 11) is 2.16. The Balaban J connectivity index is 2.05. The molecule has 1 rings (SSSR count). The molecule has 1 aliphatic heterocycles. The second-order valence-electron chi connectivity index (χ2n) is 5.89. The van der Waals surface area contributed by atoms with E-state index in [0.717, 1.165) is 65.1 Å². The minimum Gasteiger partial charge on any atom is -0.355 e. The predicted octanol–water partition coefficient (Wildman–Crippen LogP) is 0.505. The van der Waals surface area contributed by atoms with E-state index >= 15 is 0 Å². The maximum Gasteiger partial charge on any atom is 0.220 e. The van der Waals surface area contributed by atoms with Crippen molar-refractivity contribution in [3.8, 4) is 0 Å². The van der Waals surface area contributed by atoms with E-state index in [1.54, 1.807) is 0 Å². The van der Waals surface area contributed by atoms with Crippen molar-refractivity contribution in [1.82, 2.24) is 15.1 Å². The standard InChI is InChI=1S/C15H32N4O/c1-3-14(6-7-16)4-5-15(20)17-8-9-19-12-10-18(2)11-13-19/h14H,3-13,16H2,1-2H3,(H,17,20). The van der Waals surface area contributed by atoms with Gasteiger partial charge in [0.2, 0.25) is 5.91 Å². The fourth-order valence-corrected chi connectivity index (χ4v) is 2.64. The Labute approximate surface area is 123 Å². The molecular weight excluding hydrogens is 252 g/mol. The van der Waals surface area contributed by atoms with E-state index in [1.165, 1.54) is 0 Å². The van der Waals surface area contributed by atoms with E-state index in [1.807, 2.05) is 0 Å². The molecule has 0 radical (unpaired) electrons. The lowest BCUT2D eigenvalue weighted by atomic mass is 9.96. The van der Waals surface area contributed by atoms with Gasteiger partial charge in [0, 0.05) is 45.7 Å². The molecule has 1 fully saturated rings. The van der Waals surface area contributed by atoms with E-state index in [2.05, 4.69) is 29.1 Å². The first-order valence-corrected chi connectivity index (χ1v) is 8.03. The van der Waals surface area contributed by atoms with Gasteiger partial charge in [-0.1, -0.05) is 13.3 Å². The zero-order valence-corrected chi connectivity index (χ0v) is 13.2. The molecule has 1 amide bonds. The van der Waals surface area contributed by atoms with Gasteiger partial charge < -0.3 is 16.0 Å². The van der Waals surface area contributed by atoms with Crippen molar-refractivity contribution in [2.24, 2.45) is 11.7 Å². The van der Waals surface area contributed by atoms with Crippen molar-refractivity contribution < 1.29 is 4.79 Å². The number of rotatable bonds is 9. The van der Waals surface area contributed by atoms with Gasteiger partial charge in [0.25, 0.3) is 0 Å². The van der Waals surface area contributed by atoms with Crippen molar-refractivity contribution >= 4 is 5.91 Å². The molecule has 5 nitrogen and oxygen atoms in total. The van der Waals surface area contributed by atoms with E-state index in [0.29, 0.717) is 12.3 Å². The van der Waals surface area contributed by atoms with E-state index in [4.69, 9.17) is 5.73 Å². The first-order valence-electron chi connectivity index (χ1n) is 8.03. The van der Waals surface area contributed by atoms with Crippen molar-refractivity contribution in [3.05, 3.63) is 0 Å². The lowest BCUT2D eigenvalue weighted by Crippen LogP contribution is -2.46. The van der Waals surface area contributed by atoms with Crippen LogP contribution in [0.3, 0.4) is 0 Å². The molecule has 0 aliphatic carbocycles. The number of amides is 1. The highest BCUT2D eigenvalue weighted by Crippen LogP contribution is 2.14. The molecule has 0 saturated carbocycles. The molecule has 1 aliphatic rings. The number of carbonyl (C=O) groups is 1. The molecule has 1 atom stereocenters. The summed E-state index contributed by atoms with van der Waals surface area (Å²) in [4.78, 5) is 16.6. The number of nitrogens with two attached hydrogens (primary N) is 1. The summed E-state index contributed by atoms with van der Waals surface area (Å²) in [5, 5.41) is 3.04. The summed E-state index contributed by atoms with van der Waals surface area (Å²) in [6, 6.07) is 0. The van der Waals surface area contributed by atoms with Gasteiger partial charge >= 0.3 is 0 Å². The highest BCUT2D eigenvalue weighted by atomic mass is 16.1. The van der Waals surface area contributed by atoms with Gasteiger partial charge in [-0.15, -0.1) is 0 Å². The average Bonchev–Trinajstić information content (AvgIpc) is 2.45. The van der Waals surface area contributed by atoms with Crippen LogP contribution in [-0.4, -0.2) is 68.6 Å². The monoisotopic (exact) mass is 284 g/mol. The van der Waals surface area contributed by atoms with Crippen LogP contribution >= 0.6 is 0 Å². The van der Waals surface area contributed by atoms with Crippen LogP contribution in [0.2, 0.25) is 0 Å². The van der Waals surface area contributed by atoms with Gasteiger partial charge in [0.05, 0.1) is 0 Å². The minimum atomic E-state index is 0.189. The summed E-state index contributed by atoms with van der Waals surface area (Å²) in [5.74, 6) is 0.790. The van der Waals surface area contributed by atoms with Crippen molar-refractivity contribution in [1.29, 1.82) is 0 Å². The summed E-state index contributed by atoms with van der Waals surface area (Å²) in [6.45, 7) is 9.13. The lowest BCUT2D eigenvalue weighted by Gasteiger charge is -2.32. The molecule has 5 heteroatoms. The van der Waals surface area contributed by atoms with Gasteiger partial charge in [-0.05, 0) is 32.4 Å². The Bertz CT molecular complexity index is 265. The normalized spacial score (nSPS) is 18.9. The second-order valence-corrected chi connectivity index (χ2v) is 5.89. The zero-order chi connectivity index (χ0) is 14.8. The molecule has 1 heterocycles. The van der Waals surface area contributed by atoms with E-state index in [9.17, 15) is 4.79 Å². The SMILES string of the molecule is CCC(CCN)CCC(=O)NCCN1CCN(C)CC1. The fourth-order valence-electron chi connectivity index (χ4n) is 2.64. The van der Waals surface area contributed by atoms with Gasteiger partial charge in [-0.3, -0.25) is 9.69 Å². The Kier molecular flexibility index (Phi) is 8.82. The maximum absolute atomic E-state index is 11.8. The molecule has 118 valence electrons. The third-order valence-electron chi connectivity index (χ3n) is 4.28. The third kappa shape index (κ3) is 7.22. The molecule has 0 aromatic rings. The molecule has 1 unspecified atom stereocenters. The molecule has 0 bridgehead atoms. The van der Waals surface area contributed by atoms with Crippen LogP contribution in [0.1, 0.15) is 32.6 Å². The molecule has 0 aromatic carbocycles. The number of carbonyl (C=O) groups excluding carboxylic acids is 1. The Morgan fingerprint density at radius 1 is 1.25 bits per heavy atom. The van der Waals surface area contributed by atoms with Crippen molar-refractivity contribution in [3.63, 3.8) is 0 Å². The average molecular weight is 284 g/mol. The van der Waals surface area contributed by atoms with Crippen molar-refractivity contribution in [2.75, 3.05) is 52.9 Å². The summed E-state index contributed by atoms with van der Waals surface area (Å²) in [5.41, 5.74) is 5.57. The number of hydrogen-bond acceptors (Lipinski definition) is 4. The highest BCUT2D eigenvalue weighted by molar-refractivity contribution is 5.75. The molecule has 20 heavy (non-hydrogen) atoms. The summed E-state index contributed by atoms with van der Waals surface area (Å²) < 4.78 is 0. The van der Waals surface area contributed by atoms with E-state index in [-0.39, 0.29) is 5.91 Å². The number of nitrogens with one attached hydrogen (secondary N) is 1. The van der Waals surface area contributed by atoms with Crippen LogP contribution in [-0.2, 0) is 4.79 Å². The summed E-state index contributed by atoms with van der Waals surface area (Å²) in [6.07, 6.45) is 3.76. The second kappa shape index (κ2) is 10.1. The predicted molar refractivity (Wildman–Crippen MR) is 83.6 cm³/mol. The van der Waals surface area contributed by atoms with Crippen LogP contribution in [0.5, 0.6) is 0 Å². The number of likely N-dealkylation sites (N-methyl/N-ethyl adjacent to an activating group) is 1. The van der Waals surface area contributed by atoms with Gasteiger partial charge in [0.15, 0.2) is 0 Å². The van der Waals surface area contributed by atoms with Crippen molar-refractivity contribution in [2.45, 2.75) is 32.6 Å². The molecule has 0 aromatic heterocycles. The van der Waals surface area contributed by atoms with Gasteiger partial charge in [-0.2, -0.15) is 0 Å². The number of nitrogens with zero attached hydrogens (tertiary/aromatic N) is 2. The molecule has 3 N–H and O–H groups in total. The Morgan fingerprint density at radius 3 is 2.55 bits per heavy atom. The zero-order valence-electron chi connectivity index (χ0n) is 13.2. The molecule has 0 spiro atoms. The first-order chi connectivity index (χ1) is 9.65. The Morgan fingerprint density at radius 2 is 1.95 bits per heavy atom. The highest BCUT2D eigenvalue weighted by Gasteiger charge is 2.13. The van der Waals surface area contributed by atoms with Gasteiger partial charge in [0.1, 0.15) is 0 Å². The van der Waals surface area contributed by atoms with Crippen LogP contribution in [0.15, 0.2) is 0 Å². The van der Waals surface area contributed by atoms with Crippen LogP contribution < -0.4 is 11.1 Å². The van der Waals surface area contributed by atoms with Crippen LogP contribution in [0.25, 0.3) is 0 Å². The maximum atomic E-state index is 11.8. The number of piperazine rings is 1. The van der Waals surface area contributed by atoms with Crippen LogP contribution in [0.4, 0.5) is 0 Å². The number of hydrogen-bond donors (Lipinski definition) is 2. The molecular formula is C15H32N4O. The van der Waals surface area contributed by atoms with E-state index < -0.39 is 0 Å². The summed E-state index contributed by atoms with van der Waals surface area (Å²) >= 11 is 0. The third-order valence-corrected chi connectivity index (χ3v) is 4.28. The molecule has 1 saturated heterocycles. The first kappa shape index (κ1) is 17.4. The smallest absolute Gasteiger partial charge is 0.220 e. The largest absolute Gasteiger partial charge is 0.355 e. The minimum absolute atomic E-state index is 0.189. The fraction of sp³-hybridized carbons (Fsp3) is 0.933. The lowest BCUT2D eigenvalue weighted by molar-refractivity contribution is -0.121. The Hall–Kier alpha value is -0.650. The van der Waals surface area contributed by atoms with Gasteiger partial charge in [-0.25, -0.2) is 0 Å². The van der Waals surface area contributed by atoms with Crippen LogP contribution in [0, 0.1) is 5.92 Å². The topological polar surface area (TPSA) is 61.6 Å². The quantitative estimate of drug-likeness (QED) is 0.647.